The number of ether oxygens (including phenoxy) is 1. The number of aromatic nitrogens is 2. The Hall–Kier alpha value is -3.35. The van der Waals surface area contributed by atoms with Crippen LogP contribution in [-0.2, 0) is 4.79 Å². The van der Waals surface area contributed by atoms with Gasteiger partial charge < -0.3 is 15.2 Å². The van der Waals surface area contributed by atoms with Gasteiger partial charge in [-0.3, -0.25) is 4.79 Å². The molecule has 4 rings (SSSR count). The number of halogens is 1. The quantitative estimate of drug-likeness (QED) is 0.758. The number of methoxy groups -OCH3 is 1. The van der Waals surface area contributed by atoms with Crippen molar-refractivity contribution in [2.24, 2.45) is 0 Å². The van der Waals surface area contributed by atoms with Crippen LogP contribution >= 0.6 is 0 Å². The second kappa shape index (κ2) is 6.18. The molecule has 2 aromatic carbocycles. The minimum absolute atomic E-state index is 0.00931. The molecule has 1 unspecified atom stereocenters. The van der Waals surface area contributed by atoms with E-state index < -0.39 is 0 Å². The normalized spacial score (nSPS) is 16.1. The third-order valence-electron chi connectivity index (χ3n) is 4.48. The van der Waals surface area contributed by atoms with Crippen molar-refractivity contribution < 1.29 is 19.0 Å². The summed E-state index contributed by atoms with van der Waals surface area (Å²) in [6, 6.07) is 11.1. The number of hydrogen-bond donors (Lipinski definition) is 2. The van der Waals surface area contributed by atoms with Crippen molar-refractivity contribution in [1.29, 1.82) is 0 Å². The number of nitrogens with zero attached hydrogens (tertiary/aromatic N) is 2. The number of amides is 1. The highest BCUT2D eigenvalue weighted by atomic mass is 19.1. The first kappa shape index (κ1) is 16.1. The number of carbonyl (C=O) groups is 1. The molecule has 1 aliphatic rings. The summed E-state index contributed by atoms with van der Waals surface area (Å²) in [6.45, 7) is 0. The third-order valence-corrected chi connectivity index (χ3v) is 4.48. The SMILES string of the molecule is COc1ccc(C2CC(=O)Nc3c2cnn3-c2cccc(F)c2)cc1O. The summed E-state index contributed by atoms with van der Waals surface area (Å²) < 4.78 is 20.1. The topological polar surface area (TPSA) is 76.4 Å². The number of aromatic hydroxyl groups is 1. The van der Waals surface area contributed by atoms with Gasteiger partial charge >= 0.3 is 0 Å². The lowest BCUT2D eigenvalue weighted by molar-refractivity contribution is -0.116. The van der Waals surface area contributed by atoms with Gasteiger partial charge in [0.25, 0.3) is 0 Å². The monoisotopic (exact) mass is 353 g/mol. The first-order valence-electron chi connectivity index (χ1n) is 8.07. The van der Waals surface area contributed by atoms with Crippen LogP contribution in [0.3, 0.4) is 0 Å². The van der Waals surface area contributed by atoms with Crippen molar-refractivity contribution >= 4 is 11.7 Å². The second-order valence-electron chi connectivity index (χ2n) is 6.08. The van der Waals surface area contributed by atoms with E-state index in [1.54, 1.807) is 30.5 Å². The molecule has 0 saturated carbocycles. The van der Waals surface area contributed by atoms with E-state index >= 15 is 0 Å². The van der Waals surface area contributed by atoms with Crippen LogP contribution in [0.4, 0.5) is 10.2 Å². The van der Waals surface area contributed by atoms with Gasteiger partial charge in [0, 0.05) is 17.9 Å². The van der Waals surface area contributed by atoms with Gasteiger partial charge in [0.05, 0.1) is 19.0 Å². The Morgan fingerprint density at radius 1 is 1.31 bits per heavy atom. The van der Waals surface area contributed by atoms with Crippen LogP contribution < -0.4 is 10.1 Å². The number of phenols is 1. The summed E-state index contributed by atoms with van der Waals surface area (Å²) in [4.78, 5) is 12.3. The largest absolute Gasteiger partial charge is 0.504 e. The van der Waals surface area contributed by atoms with Crippen LogP contribution in [0, 0.1) is 5.82 Å². The highest BCUT2D eigenvalue weighted by Gasteiger charge is 2.30. The molecule has 0 aliphatic carbocycles. The lowest BCUT2D eigenvalue weighted by Crippen LogP contribution is -2.24. The first-order valence-corrected chi connectivity index (χ1v) is 8.07. The van der Waals surface area contributed by atoms with E-state index in [4.69, 9.17) is 4.74 Å². The zero-order valence-corrected chi connectivity index (χ0v) is 13.9. The van der Waals surface area contributed by atoms with E-state index in [1.807, 2.05) is 6.07 Å². The van der Waals surface area contributed by atoms with Gasteiger partial charge in [-0.05, 0) is 35.9 Å². The van der Waals surface area contributed by atoms with Crippen molar-refractivity contribution in [2.75, 3.05) is 12.4 Å². The molecule has 0 saturated heterocycles. The van der Waals surface area contributed by atoms with Crippen LogP contribution in [-0.4, -0.2) is 27.9 Å². The summed E-state index contributed by atoms with van der Waals surface area (Å²) in [5, 5.41) is 17.2. The lowest BCUT2D eigenvalue weighted by Gasteiger charge is -2.24. The first-order chi connectivity index (χ1) is 12.6. The van der Waals surface area contributed by atoms with Gasteiger partial charge in [0.2, 0.25) is 5.91 Å². The zero-order valence-electron chi connectivity index (χ0n) is 13.9. The minimum atomic E-state index is -0.384. The Morgan fingerprint density at radius 2 is 2.15 bits per heavy atom. The average Bonchev–Trinajstić information content (AvgIpc) is 3.04. The van der Waals surface area contributed by atoms with E-state index in [2.05, 4.69) is 10.4 Å². The Labute approximate surface area is 148 Å². The minimum Gasteiger partial charge on any atom is -0.504 e. The molecule has 3 aromatic rings. The molecule has 1 atom stereocenters. The third kappa shape index (κ3) is 2.67. The fraction of sp³-hybridized carbons (Fsp3) is 0.158. The Morgan fingerprint density at radius 3 is 2.88 bits per heavy atom. The second-order valence-corrected chi connectivity index (χ2v) is 6.08. The number of hydrogen-bond acceptors (Lipinski definition) is 4. The van der Waals surface area contributed by atoms with E-state index in [9.17, 15) is 14.3 Å². The van der Waals surface area contributed by atoms with Gasteiger partial charge in [-0.1, -0.05) is 12.1 Å². The van der Waals surface area contributed by atoms with E-state index in [0.717, 1.165) is 11.1 Å². The molecule has 1 aliphatic heterocycles. The molecule has 6 nitrogen and oxygen atoms in total. The maximum Gasteiger partial charge on any atom is 0.226 e. The molecule has 0 bridgehead atoms. The van der Waals surface area contributed by atoms with E-state index in [0.29, 0.717) is 17.3 Å². The Balaban J connectivity index is 1.80. The molecule has 0 spiro atoms. The fourth-order valence-corrected chi connectivity index (χ4v) is 3.24. The summed E-state index contributed by atoms with van der Waals surface area (Å²) in [5.41, 5.74) is 2.10. The molecular formula is C19H16FN3O3. The van der Waals surface area contributed by atoms with Crippen LogP contribution in [0.1, 0.15) is 23.5 Å². The van der Waals surface area contributed by atoms with Crippen molar-refractivity contribution in [2.45, 2.75) is 12.3 Å². The Bertz CT molecular complexity index is 999. The molecule has 7 heteroatoms. The standard InChI is InChI=1S/C19H16FN3O3/c1-26-17-6-5-11(7-16(17)24)14-9-18(25)22-19-15(14)10-21-23(19)13-4-2-3-12(20)8-13/h2-8,10,14,24H,9H2,1H3,(H,22,25). The summed E-state index contributed by atoms with van der Waals surface area (Å²) in [5.74, 6) is 0.0613. The molecule has 0 fully saturated rings. The number of nitrogens with one attached hydrogen (secondary N) is 1. The summed E-state index contributed by atoms with van der Waals surface area (Å²) >= 11 is 0. The number of anilines is 1. The van der Waals surface area contributed by atoms with Crippen LogP contribution in [0.25, 0.3) is 5.69 Å². The predicted molar refractivity (Wildman–Crippen MR) is 93.3 cm³/mol. The van der Waals surface area contributed by atoms with Gasteiger partial charge in [-0.25, -0.2) is 9.07 Å². The smallest absolute Gasteiger partial charge is 0.226 e. The maximum atomic E-state index is 13.6. The molecule has 2 N–H and O–H groups in total. The number of carbonyl (C=O) groups excluding carboxylic acids is 1. The maximum absolute atomic E-state index is 13.6. The van der Waals surface area contributed by atoms with Gasteiger partial charge in [-0.15, -0.1) is 0 Å². The Kier molecular flexibility index (Phi) is 3.84. The van der Waals surface area contributed by atoms with Gasteiger partial charge in [0.15, 0.2) is 11.5 Å². The zero-order chi connectivity index (χ0) is 18.3. The van der Waals surface area contributed by atoms with Crippen LogP contribution in [0.5, 0.6) is 11.5 Å². The van der Waals surface area contributed by atoms with Crippen LogP contribution in [0.2, 0.25) is 0 Å². The predicted octanol–water partition coefficient (Wildman–Crippen LogP) is 3.20. The number of benzene rings is 2. The van der Waals surface area contributed by atoms with Crippen LogP contribution in [0.15, 0.2) is 48.7 Å². The molecule has 2 heterocycles. The van der Waals surface area contributed by atoms with E-state index in [1.165, 1.54) is 23.9 Å². The van der Waals surface area contributed by atoms with Crippen molar-refractivity contribution in [3.8, 4) is 17.2 Å². The van der Waals surface area contributed by atoms with Crippen molar-refractivity contribution in [3.05, 3.63) is 65.6 Å². The number of rotatable bonds is 3. The molecule has 1 amide bonds. The van der Waals surface area contributed by atoms with Crippen molar-refractivity contribution in [3.63, 3.8) is 0 Å². The molecule has 1 aromatic heterocycles. The lowest BCUT2D eigenvalue weighted by atomic mass is 9.87. The molecule has 26 heavy (non-hydrogen) atoms. The van der Waals surface area contributed by atoms with Crippen molar-refractivity contribution in [1.82, 2.24) is 9.78 Å². The van der Waals surface area contributed by atoms with Gasteiger partial charge in [0.1, 0.15) is 11.6 Å². The highest BCUT2D eigenvalue weighted by Crippen LogP contribution is 2.40. The van der Waals surface area contributed by atoms with E-state index in [-0.39, 0.29) is 29.8 Å². The molecule has 132 valence electrons. The molecular weight excluding hydrogens is 337 g/mol. The summed E-state index contributed by atoms with van der Waals surface area (Å²) in [7, 11) is 1.48. The highest BCUT2D eigenvalue weighted by molar-refractivity contribution is 5.94. The number of fused-ring (bicyclic) bond motifs is 1. The average molecular weight is 353 g/mol. The summed E-state index contributed by atoms with van der Waals surface area (Å²) in [6.07, 6.45) is 1.89. The van der Waals surface area contributed by atoms with Gasteiger partial charge in [-0.2, -0.15) is 5.10 Å². The fourth-order valence-electron chi connectivity index (χ4n) is 3.24. The number of phenolic OH excluding ortho intramolecular Hbond substituents is 1. The molecule has 0 radical (unpaired) electrons.